The highest BCUT2D eigenvalue weighted by Crippen LogP contribution is 2.42. The molecule has 0 spiro atoms. The van der Waals surface area contributed by atoms with Gasteiger partial charge in [0.1, 0.15) is 28.5 Å². The van der Waals surface area contributed by atoms with Crippen LogP contribution < -0.4 is 10.7 Å². The van der Waals surface area contributed by atoms with Gasteiger partial charge in [0.05, 0.1) is 22.3 Å². The van der Waals surface area contributed by atoms with Gasteiger partial charge in [-0.25, -0.2) is 19.6 Å². The molecule has 1 aliphatic heterocycles. The molecule has 3 heterocycles. The third kappa shape index (κ3) is 6.80. The first-order valence-corrected chi connectivity index (χ1v) is 16.6. The Hall–Kier alpha value is -6.86. The number of pyridine rings is 2. The quantitative estimate of drug-likeness (QED) is 0.0476. The number of Topliss-reactive ketones (excluding diaryl/α,β-unsaturated/α-hetero) is 1. The van der Waals surface area contributed by atoms with E-state index >= 15 is 0 Å². The van der Waals surface area contributed by atoms with Crippen LogP contribution in [0.2, 0.25) is 0 Å². The van der Waals surface area contributed by atoms with Gasteiger partial charge in [-0.3, -0.25) is 14.4 Å². The lowest BCUT2D eigenvalue weighted by Gasteiger charge is -2.17. The number of thiocarbonyl (C=S) groups is 1. The van der Waals surface area contributed by atoms with E-state index in [9.17, 15) is 39.3 Å². The molecule has 0 saturated heterocycles. The number of aromatic nitrogens is 2. The van der Waals surface area contributed by atoms with Crippen molar-refractivity contribution >= 4 is 79.2 Å². The fourth-order valence-electron chi connectivity index (χ4n) is 6.31. The van der Waals surface area contributed by atoms with E-state index in [1.165, 1.54) is 49.4 Å². The summed E-state index contributed by atoms with van der Waals surface area (Å²) in [5, 5.41) is 34.2. The molecule has 4 N–H and O–H groups in total. The van der Waals surface area contributed by atoms with Crippen LogP contribution in [0.1, 0.15) is 56.7 Å². The standard InChI is InChI=1S/C40H27N3O9S/c1-19(44)30-12-10-26-32(16-21-3-11-31(40(50)51)43-37(21)38(26)42-30)41-35(47)13-6-24(53)14-20-2-7-25(29(15-20)39(48)49)36-27-8-4-22(45)17-33(27)52-34-18-23(46)5-9-28(34)36/h2-5,7-12,15-18,45H,6,13-14H2,1H3,(H,41,47)(H,48,49)(H,50,51). The van der Waals surface area contributed by atoms with Crippen molar-refractivity contribution in [2.24, 2.45) is 0 Å². The van der Waals surface area contributed by atoms with Gasteiger partial charge in [-0.1, -0.05) is 30.4 Å². The topological polar surface area (TPSA) is 197 Å². The molecule has 2 aromatic heterocycles. The number of carbonyl (C=O) groups is 4. The lowest BCUT2D eigenvalue weighted by molar-refractivity contribution is -0.116. The summed E-state index contributed by atoms with van der Waals surface area (Å²) in [4.78, 5) is 70.8. The minimum absolute atomic E-state index is 0.00851. The van der Waals surface area contributed by atoms with E-state index in [-0.39, 0.29) is 81.5 Å². The van der Waals surface area contributed by atoms with Crippen molar-refractivity contribution in [2.45, 2.75) is 26.2 Å². The van der Waals surface area contributed by atoms with Crippen LogP contribution in [-0.2, 0) is 11.2 Å². The Balaban J connectivity index is 1.13. The third-order valence-electron chi connectivity index (χ3n) is 8.78. The molecule has 1 aliphatic carbocycles. The van der Waals surface area contributed by atoms with E-state index in [1.54, 1.807) is 42.5 Å². The first kappa shape index (κ1) is 34.6. The predicted octanol–water partition coefficient (Wildman–Crippen LogP) is 7.30. The average molecular weight is 726 g/mol. The molecule has 0 atom stereocenters. The highest BCUT2D eigenvalue weighted by atomic mass is 32.1. The molecule has 0 bridgehead atoms. The number of carboxylic acids is 2. The fraction of sp³-hybridized carbons (Fsp3) is 0.100. The molecular formula is C40H27N3O9S. The number of hydrogen-bond donors (Lipinski definition) is 4. The van der Waals surface area contributed by atoms with Crippen LogP contribution in [0, 0.1) is 0 Å². The molecule has 262 valence electrons. The molecule has 53 heavy (non-hydrogen) atoms. The zero-order chi connectivity index (χ0) is 37.6. The summed E-state index contributed by atoms with van der Waals surface area (Å²) < 4.78 is 5.90. The largest absolute Gasteiger partial charge is 0.508 e. The van der Waals surface area contributed by atoms with Crippen molar-refractivity contribution in [1.29, 1.82) is 0 Å². The number of rotatable bonds is 10. The number of phenolic OH excluding ortho intramolecular Hbond substituents is 1. The zero-order valence-electron chi connectivity index (χ0n) is 27.8. The Morgan fingerprint density at radius 1 is 0.774 bits per heavy atom. The maximum absolute atomic E-state index is 13.2. The van der Waals surface area contributed by atoms with E-state index in [4.69, 9.17) is 16.6 Å². The number of benzene rings is 4. The maximum Gasteiger partial charge on any atom is 0.354 e. The van der Waals surface area contributed by atoms with E-state index in [0.717, 1.165) is 0 Å². The summed E-state index contributed by atoms with van der Waals surface area (Å²) in [5.74, 6) is -2.87. The molecular weight excluding hydrogens is 699 g/mol. The molecule has 1 amide bonds. The number of carbonyl (C=O) groups excluding carboxylic acids is 2. The lowest BCUT2D eigenvalue weighted by atomic mass is 9.89. The number of aromatic hydroxyl groups is 1. The number of aromatic carboxylic acids is 2. The van der Waals surface area contributed by atoms with Crippen molar-refractivity contribution in [3.8, 4) is 28.2 Å². The summed E-state index contributed by atoms with van der Waals surface area (Å²) in [7, 11) is 0. The first-order valence-electron chi connectivity index (χ1n) is 16.2. The van der Waals surface area contributed by atoms with Crippen LogP contribution in [0.15, 0.2) is 94.1 Å². The van der Waals surface area contributed by atoms with Gasteiger partial charge in [0.15, 0.2) is 11.2 Å². The van der Waals surface area contributed by atoms with E-state index in [1.807, 2.05) is 0 Å². The van der Waals surface area contributed by atoms with Crippen LogP contribution in [0.3, 0.4) is 0 Å². The minimum atomic E-state index is -1.22. The number of phenols is 1. The molecule has 3 aromatic carbocycles. The SMILES string of the molecule is CC(=O)c1ccc2c(NC(=O)CCC(=S)Cc3ccc(-c4c5ccc(=O)cc-5oc5cc(O)ccc45)c(C(=O)O)c3)cc3ccc(C(=O)O)nc3c2n1. The van der Waals surface area contributed by atoms with Crippen molar-refractivity contribution < 1.29 is 38.9 Å². The summed E-state index contributed by atoms with van der Waals surface area (Å²) in [6.07, 6.45) is 0.442. The Labute approximate surface area is 304 Å². The molecule has 12 nitrogen and oxygen atoms in total. The first-order chi connectivity index (χ1) is 25.4. The Kier molecular flexibility index (Phi) is 8.94. The number of carboxylic acid groups (broad SMARTS) is 2. The van der Waals surface area contributed by atoms with E-state index in [2.05, 4.69) is 15.3 Å². The summed E-state index contributed by atoms with van der Waals surface area (Å²) in [6, 6.07) is 21.4. The summed E-state index contributed by atoms with van der Waals surface area (Å²) in [6.45, 7) is 1.36. The van der Waals surface area contributed by atoms with E-state index in [0.29, 0.717) is 49.0 Å². The minimum Gasteiger partial charge on any atom is -0.508 e. The number of amides is 1. The van der Waals surface area contributed by atoms with Gasteiger partial charge in [0.25, 0.3) is 0 Å². The molecule has 0 saturated carbocycles. The molecule has 0 unspecified atom stereocenters. The van der Waals surface area contributed by atoms with Crippen LogP contribution >= 0.6 is 12.2 Å². The van der Waals surface area contributed by atoms with Crippen LogP contribution in [0.25, 0.3) is 55.2 Å². The van der Waals surface area contributed by atoms with Crippen LogP contribution in [0.5, 0.6) is 5.75 Å². The fourth-order valence-corrected chi connectivity index (χ4v) is 6.58. The van der Waals surface area contributed by atoms with Crippen molar-refractivity contribution in [2.75, 3.05) is 5.32 Å². The molecule has 0 fully saturated rings. The predicted molar refractivity (Wildman–Crippen MR) is 201 cm³/mol. The number of nitrogens with one attached hydrogen (secondary N) is 1. The highest BCUT2D eigenvalue weighted by Gasteiger charge is 2.23. The summed E-state index contributed by atoms with van der Waals surface area (Å²) >= 11 is 5.63. The molecule has 0 radical (unpaired) electrons. The second-order valence-electron chi connectivity index (χ2n) is 12.4. The Bertz CT molecular complexity index is 2760. The zero-order valence-corrected chi connectivity index (χ0v) is 28.6. The molecule has 5 aromatic rings. The van der Waals surface area contributed by atoms with Gasteiger partial charge in [0, 0.05) is 59.2 Å². The molecule has 2 aliphatic rings. The van der Waals surface area contributed by atoms with Crippen molar-refractivity contribution in [3.63, 3.8) is 0 Å². The average Bonchev–Trinajstić information content (AvgIpc) is 3.12. The van der Waals surface area contributed by atoms with Crippen molar-refractivity contribution in [3.05, 3.63) is 118 Å². The van der Waals surface area contributed by atoms with Gasteiger partial charge in [-0.15, -0.1) is 0 Å². The van der Waals surface area contributed by atoms with Crippen LogP contribution in [0.4, 0.5) is 5.69 Å². The van der Waals surface area contributed by atoms with Gasteiger partial charge < -0.3 is 25.1 Å². The second kappa shape index (κ2) is 13.7. The number of ketones is 1. The normalized spacial score (nSPS) is 11.3. The smallest absolute Gasteiger partial charge is 0.354 e. The number of nitrogens with zero attached hydrogens (tertiary/aromatic N) is 2. The van der Waals surface area contributed by atoms with Gasteiger partial charge in [-0.2, -0.15) is 0 Å². The van der Waals surface area contributed by atoms with E-state index < -0.39 is 11.9 Å². The Morgan fingerprint density at radius 2 is 1.51 bits per heavy atom. The Morgan fingerprint density at radius 3 is 2.26 bits per heavy atom. The summed E-state index contributed by atoms with van der Waals surface area (Å²) in [5.41, 5.74) is 2.92. The number of anilines is 1. The monoisotopic (exact) mass is 725 g/mol. The van der Waals surface area contributed by atoms with Crippen LogP contribution in [-0.4, -0.2) is 53.8 Å². The number of hydrogen-bond acceptors (Lipinski definition) is 10. The molecule has 7 rings (SSSR count). The molecule has 13 heteroatoms. The second-order valence-corrected chi connectivity index (χ2v) is 13.0. The third-order valence-corrected chi connectivity index (χ3v) is 9.13. The van der Waals surface area contributed by atoms with Crippen molar-refractivity contribution in [1.82, 2.24) is 9.97 Å². The van der Waals surface area contributed by atoms with Gasteiger partial charge in [0.2, 0.25) is 5.91 Å². The number of fused-ring (bicyclic) bond motifs is 5. The maximum atomic E-state index is 13.2. The van der Waals surface area contributed by atoms with Gasteiger partial charge in [-0.05, 0) is 77.0 Å². The van der Waals surface area contributed by atoms with Gasteiger partial charge >= 0.3 is 11.9 Å². The highest BCUT2D eigenvalue weighted by molar-refractivity contribution is 7.80. The lowest BCUT2D eigenvalue weighted by Crippen LogP contribution is -2.14.